The molecule has 2 rings (SSSR count). The lowest BCUT2D eigenvalue weighted by atomic mass is 10.2. The SMILES string of the molecule is O=C(O)CCNC(=O)CCn1ccc2ccc(F)cc21. The summed E-state index contributed by atoms with van der Waals surface area (Å²) in [5.74, 6) is -1.48. The van der Waals surface area contributed by atoms with Crippen molar-refractivity contribution < 1.29 is 19.1 Å². The second-order valence-electron chi connectivity index (χ2n) is 4.46. The van der Waals surface area contributed by atoms with Gasteiger partial charge < -0.3 is 15.0 Å². The van der Waals surface area contributed by atoms with Crippen LogP contribution >= 0.6 is 0 Å². The molecule has 5 nitrogen and oxygen atoms in total. The lowest BCUT2D eigenvalue weighted by molar-refractivity contribution is -0.136. The Hall–Kier alpha value is -2.37. The molecule has 0 atom stereocenters. The molecule has 0 unspecified atom stereocenters. The first-order valence-electron chi connectivity index (χ1n) is 6.29. The summed E-state index contributed by atoms with van der Waals surface area (Å²) in [6.07, 6.45) is 1.93. The lowest BCUT2D eigenvalue weighted by Gasteiger charge is -2.06. The minimum atomic E-state index is -0.947. The third-order valence-corrected chi connectivity index (χ3v) is 2.98. The fraction of sp³-hybridized carbons (Fsp3) is 0.286. The third-order valence-electron chi connectivity index (χ3n) is 2.98. The van der Waals surface area contributed by atoms with Crippen molar-refractivity contribution in [2.75, 3.05) is 6.54 Å². The molecule has 0 radical (unpaired) electrons. The first kappa shape index (κ1) is 14.0. The zero-order chi connectivity index (χ0) is 14.5. The number of nitrogens with one attached hydrogen (secondary N) is 1. The number of amides is 1. The Morgan fingerprint density at radius 3 is 2.80 bits per heavy atom. The molecule has 0 fully saturated rings. The zero-order valence-corrected chi connectivity index (χ0v) is 10.8. The maximum atomic E-state index is 13.2. The summed E-state index contributed by atoms with van der Waals surface area (Å²) in [7, 11) is 0. The van der Waals surface area contributed by atoms with E-state index in [4.69, 9.17) is 5.11 Å². The number of aromatic nitrogens is 1. The highest BCUT2D eigenvalue weighted by atomic mass is 19.1. The summed E-state index contributed by atoms with van der Waals surface area (Å²) in [6, 6.07) is 6.37. The number of hydrogen-bond donors (Lipinski definition) is 2. The van der Waals surface area contributed by atoms with Crippen LogP contribution < -0.4 is 5.32 Å². The van der Waals surface area contributed by atoms with Gasteiger partial charge in [-0.15, -0.1) is 0 Å². The third kappa shape index (κ3) is 3.57. The number of carboxylic acid groups (broad SMARTS) is 1. The van der Waals surface area contributed by atoms with Crippen LogP contribution in [0.25, 0.3) is 10.9 Å². The van der Waals surface area contributed by atoms with Gasteiger partial charge in [-0.1, -0.05) is 0 Å². The van der Waals surface area contributed by atoms with Crippen molar-refractivity contribution in [2.24, 2.45) is 0 Å². The van der Waals surface area contributed by atoms with Crippen LogP contribution in [0, 0.1) is 5.82 Å². The molecule has 0 aliphatic heterocycles. The molecule has 1 aromatic heterocycles. The van der Waals surface area contributed by atoms with Crippen molar-refractivity contribution in [3.8, 4) is 0 Å². The summed E-state index contributed by atoms with van der Waals surface area (Å²) in [5.41, 5.74) is 0.739. The Morgan fingerprint density at radius 1 is 1.25 bits per heavy atom. The van der Waals surface area contributed by atoms with Crippen LogP contribution in [0.5, 0.6) is 0 Å². The van der Waals surface area contributed by atoms with Gasteiger partial charge in [-0.25, -0.2) is 4.39 Å². The molecule has 1 heterocycles. The Morgan fingerprint density at radius 2 is 2.05 bits per heavy atom. The summed E-state index contributed by atoms with van der Waals surface area (Å²) in [6.45, 7) is 0.543. The van der Waals surface area contributed by atoms with Gasteiger partial charge in [0.2, 0.25) is 5.91 Å². The van der Waals surface area contributed by atoms with Gasteiger partial charge in [0, 0.05) is 25.7 Å². The average Bonchev–Trinajstić information content (AvgIpc) is 2.78. The molecule has 1 aromatic carbocycles. The van der Waals surface area contributed by atoms with Gasteiger partial charge >= 0.3 is 5.97 Å². The summed E-state index contributed by atoms with van der Waals surface area (Å²) < 4.78 is 15.0. The standard InChI is InChI=1S/C14H15FN2O3/c15-11-2-1-10-4-7-17(12(10)9-11)8-5-13(18)16-6-3-14(19)20/h1-2,4,7,9H,3,5-6,8H2,(H,16,18)(H,19,20). The highest BCUT2D eigenvalue weighted by Gasteiger charge is 2.06. The zero-order valence-electron chi connectivity index (χ0n) is 10.8. The van der Waals surface area contributed by atoms with Crippen molar-refractivity contribution in [2.45, 2.75) is 19.4 Å². The predicted molar refractivity (Wildman–Crippen MR) is 71.8 cm³/mol. The predicted octanol–water partition coefficient (Wildman–Crippen LogP) is 1.76. The number of rotatable bonds is 6. The second-order valence-corrected chi connectivity index (χ2v) is 4.46. The maximum Gasteiger partial charge on any atom is 0.305 e. The maximum absolute atomic E-state index is 13.2. The summed E-state index contributed by atoms with van der Waals surface area (Å²) in [4.78, 5) is 21.8. The van der Waals surface area contributed by atoms with Crippen LogP contribution in [-0.4, -0.2) is 28.1 Å². The number of carbonyl (C=O) groups is 2. The number of nitrogens with zero attached hydrogens (tertiary/aromatic N) is 1. The van der Waals surface area contributed by atoms with Gasteiger partial charge in [0.25, 0.3) is 0 Å². The van der Waals surface area contributed by atoms with Crippen LogP contribution in [-0.2, 0) is 16.1 Å². The number of aliphatic carboxylic acids is 1. The number of carboxylic acids is 1. The van der Waals surface area contributed by atoms with Gasteiger partial charge in [-0.2, -0.15) is 0 Å². The van der Waals surface area contributed by atoms with Crippen LogP contribution in [0.1, 0.15) is 12.8 Å². The van der Waals surface area contributed by atoms with Crippen LogP contribution in [0.4, 0.5) is 4.39 Å². The first-order chi connectivity index (χ1) is 9.56. The lowest BCUT2D eigenvalue weighted by Crippen LogP contribution is -2.26. The molecular formula is C14H15FN2O3. The Bertz CT molecular complexity index is 636. The smallest absolute Gasteiger partial charge is 0.305 e. The number of benzene rings is 1. The minimum absolute atomic E-state index is 0.0938. The molecule has 106 valence electrons. The van der Waals surface area contributed by atoms with E-state index in [0.717, 1.165) is 10.9 Å². The minimum Gasteiger partial charge on any atom is -0.481 e. The van der Waals surface area contributed by atoms with Crippen LogP contribution in [0.2, 0.25) is 0 Å². The van der Waals surface area contributed by atoms with Crippen molar-refractivity contribution in [1.82, 2.24) is 9.88 Å². The highest BCUT2D eigenvalue weighted by Crippen LogP contribution is 2.17. The number of halogens is 1. The molecule has 0 spiro atoms. The van der Waals surface area contributed by atoms with E-state index in [0.29, 0.717) is 6.54 Å². The number of hydrogen-bond acceptors (Lipinski definition) is 2. The van der Waals surface area contributed by atoms with E-state index in [9.17, 15) is 14.0 Å². The topological polar surface area (TPSA) is 71.3 Å². The van der Waals surface area contributed by atoms with Crippen molar-refractivity contribution in [1.29, 1.82) is 0 Å². The van der Waals surface area contributed by atoms with Gasteiger partial charge in [-0.3, -0.25) is 9.59 Å². The van der Waals surface area contributed by atoms with E-state index in [1.807, 2.05) is 6.07 Å². The van der Waals surface area contributed by atoms with E-state index >= 15 is 0 Å². The highest BCUT2D eigenvalue weighted by molar-refractivity contribution is 5.81. The Labute approximate surface area is 115 Å². The van der Waals surface area contributed by atoms with Gasteiger partial charge in [-0.05, 0) is 29.7 Å². The molecule has 0 bridgehead atoms. The van der Waals surface area contributed by atoms with E-state index in [1.165, 1.54) is 12.1 Å². The largest absolute Gasteiger partial charge is 0.481 e. The van der Waals surface area contributed by atoms with E-state index < -0.39 is 5.97 Å². The Balaban J connectivity index is 1.91. The quantitative estimate of drug-likeness (QED) is 0.845. The van der Waals surface area contributed by atoms with Crippen LogP contribution in [0.15, 0.2) is 30.5 Å². The fourth-order valence-electron chi connectivity index (χ4n) is 1.97. The molecule has 20 heavy (non-hydrogen) atoms. The van der Waals surface area contributed by atoms with E-state index in [1.54, 1.807) is 16.8 Å². The molecule has 1 amide bonds. The number of carbonyl (C=O) groups excluding carboxylic acids is 1. The molecule has 2 N–H and O–H groups in total. The molecule has 6 heteroatoms. The average molecular weight is 278 g/mol. The van der Waals surface area contributed by atoms with E-state index in [2.05, 4.69) is 5.32 Å². The van der Waals surface area contributed by atoms with Crippen molar-refractivity contribution in [3.05, 3.63) is 36.3 Å². The van der Waals surface area contributed by atoms with Gasteiger partial charge in [0.1, 0.15) is 5.82 Å². The summed E-state index contributed by atoms with van der Waals surface area (Å²) >= 11 is 0. The molecule has 0 aliphatic carbocycles. The fourth-order valence-corrected chi connectivity index (χ4v) is 1.97. The van der Waals surface area contributed by atoms with Crippen LogP contribution in [0.3, 0.4) is 0 Å². The second kappa shape index (κ2) is 6.18. The molecule has 0 saturated heterocycles. The molecule has 0 saturated carbocycles. The van der Waals surface area contributed by atoms with Crippen molar-refractivity contribution >= 4 is 22.8 Å². The van der Waals surface area contributed by atoms with Gasteiger partial charge in [0.15, 0.2) is 0 Å². The van der Waals surface area contributed by atoms with E-state index in [-0.39, 0.29) is 31.1 Å². The first-order valence-corrected chi connectivity index (χ1v) is 6.29. The van der Waals surface area contributed by atoms with Gasteiger partial charge in [0.05, 0.1) is 11.9 Å². The number of fused-ring (bicyclic) bond motifs is 1. The number of aryl methyl sites for hydroxylation is 1. The monoisotopic (exact) mass is 278 g/mol. The molecule has 2 aromatic rings. The molecule has 0 aliphatic rings. The summed E-state index contributed by atoms with van der Waals surface area (Å²) in [5, 5.41) is 11.9. The Kier molecular flexibility index (Phi) is 4.34. The van der Waals surface area contributed by atoms with Crippen molar-refractivity contribution in [3.63, 3.8) is 0 Å². The molecular weight excluding hydrogens is 263 g/mol. The normalized spacial score (nSPS) is 10.7.